The fourth-order valence-corrected chi connectivity index (χ4v) is 3.63. The molecule has 110 valence electrons. The molecular weight excluding hydrogens is 270 g/mol. The van der Waals surface area contributed by atoms with E-state index in [0.717, 1.165) is 23.9 Å². The highest BCUT2D eigenvalue weighted by Crippen LogP contribution is 2.32. The van der Waals surface area contributed by atoms with Crippen LogP contribution in [0.2, 0.25) is 0 Å². The second-order valence-corrected chi connectivity index (χ2v) is 6.04. The van der Waals surface area contributed by atoms with Crippen LogP contribution in [0, 0.1) is 0 Å². The molecule has 1 aromatic heterocycles. The van der Waals surface area contributed by atoms with Crippen molar-refractivity contribution in [1.82, 2.24) is 4.57 Å². The van der Waals surface area contributed by atoms with Gasteiger partial charge in [-0.2, -0.15) is 0 Å². The van der Waals surface area contributed by atoms with Crippen molar-refractivity contribution in [2.24, 2.45) is 0 Å². The normalized spacial score (nSPS) is 14.0. The van der Waals surface area contributed by atoms with Gasteiger partial charge in [-0.15, -0.1) is 0 Å². The number of fused-ring (bicyclic) bond motifs is 3. The zero-order chi connectivity index (χ0) is 14.9. The predicted octanol–water partition coefficient (Wildman–Crippen LogP) is 4.40. The molecule has 22 heavy (non-hydrogen) atoms. The molecule has 0 aliphatic heterocycles. The fourth-order valence-electron chi connectivity index (χ4n) is 3.63. The molecule has 0 N–H and O–H groups in total. The molecule has 3 aromatic rings. The van der Waals surface area contributed by atoms with Gasteiger partial charge in [0.1, 0.15) is 0 Å². The number of hydrogen-bond acceptors (Lipinski definition) is 1. The molecule has 0 amide bonds. The lowest BCUT2D eigenvalue weighted by Crippen LogP contribution is -2.18. The van der Waals surface area contributed by atoms with Crippen LogP contribution in [0.5, 0.6) is 0 Å². The minimum Gasteiger partial charge on any atom is -0.284 e. The zero-order valence-corrected chi connectivity index (χ0v) is 12.6. The van der Waals surface area contributed by atoms with E-state index in [0.29, 0.717) is 6.42 Å². The number of aryl methyl sites for hydroxylation is 1. The summed E-state index contributed by atoms with van der Waals surface area (Å²) in [5.41, 5.74) is 4.79. The van der Waals surface area contributed by atoms with Gasteiger partial charge in [0.05, 0.1) is 11.9 Å². The number of hydrogen-bond donors (Lipinski definition) is 0. The van der Waals surface area contributed by atoms with Crippen molar-refractivity contribution in [2.75, 3.05) is 0 Å². The molecule has 0 saturated heterocycles. The minimum atomic E-state index is 0.186. The van der Waals surface area contributed by atoms with Crippen LogP contribution in [0.4, 0.5) is 0 Å². The summed E-state index contributed by atoms with van der Waals surface area (Å²) in [5, 5.41) is 1.26. The largest absolute Gasteiger partial charge is 0.284 e. The Morgan fingerprint density at radius 3 is 2.50 bits per heavy atom. The Morgan fingerprint density at radius 2 is 1.64 bits per heavy atom. The van der Waals surface area contributed by atoms with Gasteiger partial charge in [-0.3, -0.25) is 9.36 Å². The highest BCUT2D eigenvalue weighted by atomic mass is 16.2. The zero-order valence-electron chi connectivity index (χ0n) is 12.6. The van der Waals surface area contributed by atoms with E-state index >= 15 is 0 Å². The first kappa shape index (κ1) is 13.3. The Labute approximate surface area is 130 Å². The average molecular weight is 289 g/mol. The van der Waals surface area contributed by atoms with E-state index in [9.17, 15) is 4.79 Å². The highest BCUT2D eigenvalue weighted by Gasteiger charge is 2.22. The van der Waals surface area contributed by atoms with Crippen molar-refractivity contribution in [3.63, 3.8) is 0 Å². The molecule has 0 bridgehead atoms. The minimum absolute atomic E-state index is 0.186. The van der Waals surface area contributed by atoms with Gasteiger partial charge in [0.25, 0.3) is 0 Å². The maximum atomic E-state index is 12.9. The van der Waals surface area contributed by atoms with Crippen LogP contribution in [0.3, 0.4) is 0 Å². The first-order valence-corrected chi connectivity index (χ1v) is 8.03. The second-order valence-electron chi connectivity index (χ2n) is 6.04. The lowest BCUT2D eigenvalue weighted by Gasteiger charge is -2.15. The number of rotatable bonds is 2. The fraction of sp³-hybridized carbons (Fsp3) is 0.250. The molecule has 1 aliphatic rings. The predicted molar refractivity (Wildman–Crippen MR) is 89.4 cm³/mol. The smallest absolute Gasteiger partial charge is 0.235 e. The second kappa shape index (κ2) is 5.45. The Morgan fingerprint density at radius 1 is 0.909 bits per heavy atom. The molecule has 0 atom stereocenters. The van der Waals surface area contributed by atoms with Crippen molar-refractivity contribution in [3.8, 4) is 0 Å². The SMILES string of the molecule is O=C(Cc1ccccc1)n1c2c(c3ccccc31)CCCC2. The number of carbonyl (C=O) groups excluding carboxylic acids is 1. The van der Waals surface area contributed by atoms with Gasteiger partial charge in [-0.25, -0.2) is 0 Å². The molecule has 2 heteroatoms. The third kappa shape index (κ3) is 2.16. The summed E-state index contributed by atoms with van der Waals surface area (Å²) in [6.07, 6.45) is 4.99. The topological polar surface area (TPSA) is 22.0 Å². The molecule has 0 fully saturated rings. The molecule has 2 nitrogen and oxygen atoms in total. The maximum Gasteiger partial charge on any atom is 0.235 e. The molecule has 0 saturated carbocycles. The van der Waals surface area contributed by atoms with E-state index in [1.165, 1.54) is 29.5 Å². The summed E-state index contributed by atoms with van der Waals surface area (Å²) in [6.45, 7) is 0. The Balaban J connectivity index is 1.82. The Hall–Kier alpha value is -2.35. The first-order chi connectivity index (χ1) is 10.8. The summed E-state index contributed by atoms with van der Waals surface area (Å²) in [6, 6.07) is 18.4. The van der Waals surface area contributed by atoms with E-state index in [4.69, 9.17) is 0 Å². The quantitative estimate of drug-likeness (QED) is 0.685. The van der Waals surface area contributed by atoms with Crippen LogP contribution in [0.25, 0.3) is 10.9 Å². The summed E-state index contributed by atoms with van der Waals surface area (Å²) in [4.78, 5) is 12.9. The maximum absolute atomic E-state index is 12.9. The van der Waals surface area contributed by atoms with E-state index in [1.807, 2.05) is 41.0 Å². The number of nitrogens with zero attached hydrogens (tertiary/aromatic N) is 1. The van der Waals surface area contributed by atoms with Crippen LogP contribution in [-0.2, 0) is 19.3 Å². The van der Waals surface area contributed by atoms with Gasteiger partial charge in [0.2, 0.25) is 5.91 Å². The molecule has 1 aliphatic carbocycles. The van der Waals surface area contributed by atoms with Crippen molar-refractivity contribution < 1.29 is 4.79 Å². The van der Waals surface area contributed by atoms with Crippen molar-refractivity contribution >= 4 is 16.8 Å². The monoisotopic (exact) mass is 289 g/mol. The average Bonchev–Trinajstić information content (AvgIpc) is 2.90. The van der Waals surface area contributed by atoms with E-state index in [1.54, 1.807) is 0 Å². The lowest BCUT2D eigenvalue weighted by molar-refractivity contribution is 0.0916. The number of para-hydroxylation sites is 1. The van der Waals surface area contributed by atoms with Crippen LogP contribution in [0.15, 0.2) is 54.6 Å². The summed E-state index contributed by atoms with van der Waals surface area (Å²) >= 11 is 0. The van der Waals surface area contributed by atoms with Gasteiger partial charge in [-0.1, -0.05) is 48.5 Å². The van der Waals surface area contributed by atoms with E-state index in [-0.39, 0.29) is 5.91 Å². The molecule has 0 unspecified atom stereocenters. The summed E-state index contributed by atoms with van der Waals surface area (Å²) < 4.78 is 1.98. The van der Waals surface area contributed by atoms with E-state index < -0.39 is 0 Å². The van der Waals surface area contributed by atoms with Crippen molar-refractivity contribution in [2.45, 2.75) is 32.1 Å². The summed E-state index contributed by atoms with van der Waals surface area (Å²) in [5.74, 6) is 0.186. The third-order valence-corrected chi connectivity index (χ3v) is 4.63. The van der Waals surface area contributed by atoms with Crippen LogP contribution < -0.4 is 0 Å². The van der Waals surface area contributed by atoms with Crippen LogP contribution >= 0.6 is 0 Å². The number of carbonyl (C=O) groups is 1. The van der Waals surface area contributed by atoms with Crippen molar-refractivity contribution in [1.29, 1.82) is 0 Å². The van der Waals surface area contributed by atoms with Gasteiger partial charge >= 0.3 is 0 Å². The van der Waals surface area contributed by atoms with Crippen LogP contribution in [-0.4, -0.2) is 10.5 Å². The Bertz CT molecular complexity index is 830. The first-order valence-electron chi connectivity index (χ1n) is 8.03. The molecule has 0 spiro atoms. The highest BCUT2D eigenvalue weighted by molar-refractivity contribution is 5.97. The van der Waals surface area contributed by atoms with Gasteiger partial charge in [0.15, 0.2) is 0 Å². The molecule has 4 rings (SSSR count). The Kier molecular flexibility index (Phi) is 3.30. The molecular formula is C20H19NO. The standard InChI is InChI=1S/C20H19NO/c22-20(14-15-8-2-1-3-9-15)21-18-12-6-4-10-16(18)17-11-5-7-13-19(17)21/h1-4,6,8-10,12H,5,7,11,13-14H2. The molecule has 2 aromatic carbocycles. The molecule has 0 radical (unpaired) electrons. The van der Waals surface area contributed by atoms with Crippen molar-refractivity contribution in [3.05, 3.63) is 71.4 Å². The lowest BCUT2D eigenvalue weighted by atomic mass is 9.95. The van der Waals surface area contributed by atoms with Gasteiger partial charge in [0, 0.05) is 11.1 Å². The van der Waals surface area contributed by atoms with Crippen LogP contribution in [0.1, 0.15) is 34.5 Å². The van der Waals surface area contributed by atoms with Gasteiger partial charge in [-0.05, 0) is 42.9 Å². The summed E-state index contributed by atoms with van der Waals surface area (Å²) in [7, 11) is 0. The third-order valence-electron chi connectivity index (χ3n) is 4.63. The molecule has 1 heterocycles. The number of benzene rings is 2. The van der Waals surface area contributed by atoms with Gasteiger partial charge < -0.3 is 0 Å². The van der Waals surface area contributed by atoms with E-state index in [2.05, 4.69) is 18.2 Å². The number of aromatic nitrogens is 1.